The van der Waals surface area contributed by atoms with Crippen molar-refractivity contribution in [3.05, 3.63) is 59.8 Å². The smallest absolute Gasteiger partial charge is 0.344 e. The van der Waals surface area contributed by atoms with Crippen LogP contribution in [0, 0.1) is 0 Å². The van der Waals surface area contributed by atoms with E-state index in [1.165, 1.54) is 13.1 Å². The lowest BCUT2D eigenvalue weighted by molar-refractivity contribution is -0.144. The van der Waals surface area contributed by atoms with Crippen LogP contribution in [0.3, 0.4) is 0 Å². The van der Waals surface area contributed by atoms with Crippen molar-refractivity contribution in [2.75, 3.05) is 13.3 Å². The number of pyridine rings is 1. The summed E-state index contributed by atoms with van der Waals surface area (Å²) in [6, 6.07) is 13.3. The molecule has 1 heterocycles. The highest BCUT2D eigenvalue weighted by Gasteiger charge is 2.39. The van der Waals surface area contributed by atoms with Gasteiger partial charge in [-0.3, -0.25) is 0 Å². The monoisotopic (exact) mass is 435 g/mol. The highest BCUT2D eigenvalue weighted by Crippen LogP contribution is 2.38. The van der Waals surface area contributed by atoms with E-state index in [9.17, 15) is 13.2 Å². The maximum Gasteiger partial charge on any atom is 0.344 e. The minimum absolute atomic E-state index is 0.329. The molecule has 1 aromatic heterocycles. The van der Waals surface area contributed by atoms with E-state index in [0.29, 0.717) is 27.7 Å². The molecule has 0 aliphatic heterocycles. The Labute approximate surface area is 173 Å². The zero-order chi connectivity index (χ0) is 21.4. The fourth-order valence-corrected chi connectivity index (χ4v) is 4.07. The molecule has 0 bridgehead atoms. The molecule has 0 aliphatic rings. The molecule has 2 atom stereocenters. The van der Waals surface area contributed by atoms with Gasteiger partial charge in [0.15, 0.2) is 17.5 Å². The first-order chi connectivity index (χ1) is 13.5. The molecule has 0 amide bonds. The second-order valence-electron chi connectivity index (χ2n) is 6.78. The summed E-state index contributed by atoms with van der Waals surface area (Å²) < 4.78 is 30.4. The van der Waals surface area contributed by atoms with Gasteiger partial charge in [0.1, 0.15) is 5.75 Å². The molecule has 0 fully saturated rings. The Morgan fingerprint density at radius 3 is 2.38 bits per heavy atom. The maximum absolute atomic E-state index is 12.8. The van der Waals surface area contributed by atoms with Gasteiger partial charge in [-0.2, -0.15) is 12.3 Å². The minimum Gasteiger partial charge on any atom is -0.479 e. The molecule has 3 rings (SSSR count). The Balaban J connectivity index is 2.08. The van der Waals surface area contributed by atoms with Gasteiger partial charge in [-0.1, -0.05) is 17.7 Å². The second kappa shape index (κ2) is 7.62. The molecule has 0 saturated carbocycles. The van der Waals surface area contributed by atoms with Gasteiger partial charge >= 0.3 is 16.0 Å². The predicted octanol–water partition coefficient (Wildman–Crippen LogP) is 3.97. The summed E-state index contributed by atoms with van der Waals surface area (Å²) in [7, 11) is -2.10. The lowest BCUT2D eigenvalue weighted by atomic mass is 10.2. The molecule has 0 saturated heterocycles. The number of hydrogen-bond acceptors (Lipinski definition) is 5. The minimum atomic E-state index is -3.66. The Bertz CT molecular complexity index is 1180. The lowest BCUT2D eigenvalue weighted by Crippen LogP contribution is -2.45. The molecular formula is C20H20ClN2O5S+. The topological polar surface area (TPSA) is 93.6 Å². The number of aromatic nitrogens is 1. The van der Waals surface area contributed by atoms with E-state index >= 15 is 0 Å². The molecule has 0 aliphatic carbocycles. The quantitative estimate of drug-likeness (QED) is 0.589. The van der Waals surface area contributed by atoms with Gasteiger partial charge < -0.3 is 9.84 Å². The van der Waals surface area contributed by atoms with E-state index in [4.69, 9.17) is 21.4 Å². The Kier molecular flexibility index (Phi) is 5.53. The van der Waals surface area contributed by atoms with Crippen LogP contribution in [0.25, 0.3) is 10.9 Å². The summed E-state index contributed by atoms with van der Waals surface area (Å²) in [5.41, 5.74) is 1.57. The van der Waals surface area contributed by atoms with Gasteiger partial charge in [0.05, 0.1) is 25.0 Å². The molecule has 2 aromatic carbocycles. The highest BCUT2D eigenvalue weighted by molar-refractivity contribution is 7.90. The van der Waals surface area contributed by atoms with Crippen molar-refractivity contribution in [3.63, 3.8) is 0 Å². The van der Waals surface area contributed by atoms with E-state index in [1.54, 1.807) is 55.6 Å². The number of halogens is 1. The fraction of sp³-hybridized carbons (Fsp3) is 0.200. The van der Waals surface area contributed by atoms with Crippen molar-refractivity contribution in [3.8, 4) is 5.75 Å². The first kappa shape index (κ1) is 21.0. The van der Waals surface area contributed by atoms with Crippen LogP contribution in [0.5, 0.6) is 5.75 Å². The van der Waals surface area contributed by atoms with Crippen molar-refractivity contribution < 1.29 is 23.1 Å². The van der Waals surface area contributed by atoms with Gasteiger partial charge in [0, 0.05) is 28.6 Å². The van der Waals surface area contributed by atoms with Crippen molar-refractivity contribution >= 4 is 49.9 Å². The molecule has 152 valence electrons. The SMILES string of the molecule is CC(Oc1ccc([N+](C)(c2cnc3cc(Cl)ccc3c2)S(C)(=O)=O)cc1)C(=O)O. The first-order valence-corrected chi connectivity index (χ1v) is 10.9. The van der Waals surface area contributed by atoms with Crippen molar-refractivity contribution in [2.45, 2.75) is 13.0 Å². The largest absolute Gasteiger partial charge is 0.479 e. The number of benzene rings is 2. The third kappa shape index (κ3) is 4.05. The van der Waals surface area contributed by atoms with E-state index in [0.717, 1.165) is 11.6 Å². The molecule has 0 radical (unpaired) electrons. The number of ether oxygens (including phenoxy) is 1. The van der Waals surface area contributed by atoms with Crippen LogP contribution in [0.1, 0.15) is 6.92 Å². The predicted molar refractivity (Wildman–Crippen MR) is 113 cm³/mol. The van der Waals surface area contributed by atoms with E-state index < -0.39 is 26.0 Å². The normalized spacial score (nSPS) is 14.9. The van der Waals surface area contributed by atoms with Crippen molar-refractivity contribution in [1.29, 1.82) is 0 Å². The average molecular weight is 436 g/mol. The van der Waals surface area contributed by atoms with Crippen LogP contribution in [-0.4, -0.2) is 43.9 Å². The van der Waals surface area contributed by atoms with Gasteiger partial charge in [-0.15, -0.1) is 0 Å². The number of carboxylic acids is 1. The molecule has 7 nitrogen and oxygen atoms in total. The van der Waals surface area contributed by atoms with Crippen LogP contribution < -0.4 is 8.63 Å². The standard InChI is InChI=1S/C20H19ClN2O5S/c1-13(20(24)25)28-18-8-6-16(7-9-18)23(2,29(3,26)27)17-10-14-4-5-15(21)11-19(14)22-12-17/h4-13H,1-3H3/p+1. The summed E-state index contributed by atoms with van der Waals surface area (Å²) in [6.07, 6.45) is 1.64. The number of carbonyl (C=O) groups is 1. The van der Waals surface area contributed by atoms with Gasteiger partial charge in [0.2, 0.25) is 0 Å². The molecule has 2 unspecified atom stereocenters. The lowest BCUT2D eigenvalue weighted by Gasteiger charge is -2.30. The number of quaternary nitrogens is 1. The number of rotatable bonds is 6. The second-order valence-corrected chi connectivity index (χ2v) is 9.41. The zero-order valence-corrected chi connectivity index (χ0v) is 17.6. The number of aliphatic carboxylic acids is 1. The molecule has 0 spiro atoms. The summed E-state index contributed by atoms with van der Waals surface area (Å²) in [5.74, 6) is -0.761. The highest BCUT2D eigenvalue weighted by atomic mass is 35.5. The van der Waals surface area contributed by atoms with E-state index in [2.05, 4.69) is 4.98 Å². The van der Waals surface area contributed by atoms with E-state index in [-0.39, 0.29) is 0 Å². The molecular weight excluding hydrogens is 416 g/mol. The van der Waals surface area contributed by atoms with E-state index in [1.807, 2.05) is 0 Å². The summed E-state index contributed by atoms with van der Waals surface area (Å²) in [5, 5.41) is 10.3. The van der Waals surface area contributed by atoms with Crippen LogP contribution in [0.2, 0.25) is 5.02 Å². The Hall–Kier alpha value is -2.68. The molecule has 3 aromatic rings. The van der Waals surface area contributed by atoms with Crippen LogP contribution in [0.15, 0.2) is 54.7 Å². The number of sulfonamides is 1. The summed E-state index contributed by atoms with van der Waals surface area (Å²) >= 11 is 6.00. The van der Waals surface area contributed by atoms with Crippen molar-refractivity contribution in [2.24, 2.45) is 0 Å². The van der Waals surface area contributed by atoms with Crippen LogP contribution in [0.4, 0.5) is 11.4 Å². The van der Waals surface area contributed by atoms with Gasteiger partial charge in [-0.05, 0) is 31.2 Å². The Morgan fingerprint density at radius 1 is 1.14 bits per heavy atom. The number of fused-ring (bicyclic) bond motifs is 1. The van der Waals surface area contributed by atoms with Gasteiger partial charge in [-0.25, -0.2) is 9.78 Å². The average Bonchev–Trinajstić information content (AvgIpc) is 2.66. The fourth-order valence-electron chi connectivity index (χ4n) is 2.91. The number of nitrogens with zero attached hydrogens (tertiary/aromatic N) is 2. The summed E-state index contributed by atoms with van der Waals surface area (Å²) in [4.78, 5) is 15.3. The molecule has 9 heteroatoms. The summed E-state index contributed by atoms with van der Waals surface area (Å²) in [6.45, 7) is 1.42. The number of hydrogen-bond donors (Lipinski definition) is 1. The Morgan fingerprint density at radius 2 is 1.79 bits per heavy atom. The molecule has 29 heavy (non-hydrogen) atoms. The van der Waals surface area contributed by atoms with Crippen LogP contribution >= 0.6 is 11.6 Å². The van der Waals surface area contributed by atoms with Crippen molar-refractivity contribution in [1.82, 2.24) is 8.87 Å². The molecule has 1 N–H and O–H groups in total. The first-order valence-electron chi connectivity index (χ1n) is 8.65. The third-order valence-electron chi connectivity index (χ3n) is 4.78. The van der Waals surface area contributed by atoms with Gasteiger partial charge in [0.25, 0.3) is 0 Å². The number of carboxylic acid groups (broad SMARTS) is 1. The maximum atomic E-state index is 12.8. The zero-order valence-electron chi connectivity index (χ0n) is 16.0. The third-order valence-corrected chi connectivity index (χ3v) is 6.76. The van der Waals surface area contributed by atoms with Crippen LogP contribution in [-0.2, 0) is 14.8 Å².